The first kappa shape index (κ1) is 17.0. The minimum atomic E-state index is -0.136. The summed E-state index contributed by atoms with van der Waals surface area (Å²) in [4.78, 5) is 11.4. The SMILES string of the molecule is CCC(NCCc1ccccc1O)Oc1cccc(C(C)=O)c1. The summed E-state index contributed by atoms with van der Waals surface area (Å²) in [6.45, 7) is 4.27. The molecule has 0 aliphatic heterocycles. The van der Waals surface area contributed by atoms with Gasteiger partial charge in [-0.25, -0.2) is 0 Å². The average Bonchev–Trinajstić information content (AvgIpc) is 2.56. The predicted octanol–water partition coefficient (Wildman–Crippen LogP) is 3.54. The number of hydrogen-bond acceptors (Lipinski definition) is 4. The standard InChI is InChI=1S/C19H23NO3/c1-3-19(20-12-11-15-7-4-5-10-18(15)22)23-17-9-6-8-16(13-17)14(2)21/h4-10,13,19-20,22H,3,11-12H2,1-2H3. The molecule has 0 aliphatic rings. The third-order valence-corrected chi connectivity index (χ3v) is 3.65. The van der Waals surface area contributed by atoms with Crippen molar-refractivity contribution in [3.8, 4) is 11.5 Å². The van der Waals surface area contributed by atoms with Crippen LogP contribution in [0.4, 0.5) is 0 Å². The van der Waals surface area contributed by atoms with E-state index in [1.807, 2.05) is 37.3 Å². The lowest BCUT2D eigenvalue weighted by Gasteiger charge is -2.19. The van der Waals surface area contributed by atoms with E-state index >= 15 is 0 Å². The highest BCUT2D eigenvalue weighted by atomic mass is 16.5. The molecule has 0 heterocycles. The molecule has 4 heteroatoms. The number of ether oxygens (including phenoxy) is 1. The number of carbonyl (C=O) groups is 1. The fourth-order valence-electron chi connectivity index (χ4n) is 2.31. The van der Waals surface area contributed by atoms with Gasteiger partial charge in [0.2, 0.25) is 0 Å². The number of Topliss-reactive ketones (excluding diaryl/α,β-unsaturated/α-hetero) is 1. The normalized spacial score (nSPS) is 11.9. The van der Waals surface area contributed by atoms with E-state index in [2.05, 4.69) is 5.32 Å². The Bertz CT molecular complexity index is 655. The molecule has 0 aromatic heterocycles. The molecule has 2 aromatic carbocycles. The number of hydrogen-bond donors (Lipinski definition) is 2. The highest BCUT2D eigenvalue weighted by Crippen LogP contribution is 2.17. The van der Waals surface area contributed by atoms with E-state index in [-0.39, 0.29) is 12.0 Å². The van der Waals surface area contributed by atoms with Crippen LogP contribution in [0.2, 0.25) is 0 Å². The van der Waals surface area contributed by atoms with Gasteiger partial charge in [0.25, 0.3) is 0 Å². The van der Waals surface area contributed by atoms with Crippen LogP contribution in [-0.4, -0.2) is 23.7 Å². The van der Waals surface area contributed by atoms with Crippen LogP contribution in [0.25, 0.3) is 0 Å². The van der Waals surface area contributed by atoms with Gasteiger partial charge in [-0.3, -0.25) is 10.1 Å². The van der Waals surface area contributed by atoms with Crippen LogP contribution in [0.5, 0.6) is 11.5 Å². The van der Waals surface area contributed by atoms with Crippen molar-refractivity contribution in [3.05, 3.63) is 59.7 Å². The number of phenols is 1. The number of ketones is 1. The van der Waals surface area contributed by atoms with Crippen molar-refractivity contribution < 1.29 is 14.6 Å². The first-order valence-corrected chi connectivity index (χ1v) is 7.88. The van der Waals surface area contributed by atoms with Crippen LogP contribution in [0.15, 0.2) is 48.5 Å². The zero-order chi connectivity index (χ0) is 16.7. The molecule has 0 saturated heterocycles. The second kappa shape index (κ2) is 8.34. The van der Waals surface area contributed by atoms with E-state index in [1.165, 1.54) is 0 Å². The molecule has 0 aliphatic carbocycles. The lowest BCUT2D eigenvalue weighted by molar-refractivity contribution is 0.101. The third-order valence-electron chi connectivity index (χ3n) is 3.65. The van der Waals surface area contributed by atoms with Crippen LogP contribution >= 0.6 is 0 Å². The minimum Gasteiger partial charge on any atom is -0.508 e. The van der Waals surface area contributed by atoms with Gasteiger partial charge in [-0.2, -0.15) is 0 Å². The quantitative estimate of drug-likeness (QED) is 0.578. The Morgan fingerprint density at radius 1 is 1.22 bits per heavy atom. The van der Waals surface area contributed by atoms with Crippen LogP contribution in [-0.2, 0) is 6.42 Å². The monoisotopic (exact) mass is 313 g/mol. The summed E-state index contributed by atoms with van der Waals surface area (Å²) in [5.74, 6) is 1.02. The fraction of sp³-hybridized carbons (Fsp3) is 0.316. The summed E-state index contributed by atoms with van der Waals surface area (Å²) in [5, 5.41) is 13.1. The number of para-hydroxylation sites is 1. The molecule has 0 amide bonds. The second-order valence-electron chi connectivity index (χ2n) is 5.43. The molecular weight excluding hydrogens is 290 g/mol. The lowest BCUT2D eigenvalue weighted by Crippen LogP contribution is -2.35. The van der Waals surface area contributed by atoms with E-state index in [1.54, 1.807) is 25.1 Å². The van der Waals surface area contributed by atoms with Crippen molar-refractivity contribution in [2.75, 3.05) is 6.54 Å². The molecule has 2 rings (SSSR count). The summed E-state index contributed by atoms with van der Waals surface area (Å²) in [6, 6.07) is 14.5. The molecule has 0 radical (unpaired) electrons. The van der Waals surface area contributed by atoms with Crippen molar-refractivity contribution in [2.24, 2.45) is 0 Å². The summed E-state index contributed by atoms with van der Waals surface area (Å²) in [7, 11) is 0. The zero-order valence-corrected chi connectivity index (χ0v) is 13.6. The molecule has 2 aromatic rings. The zero-order valence-electron chi connectivity index (χ0n) is 13.6. The molecule has 1 unspecified atom stereocenters. The highest BCUT2D eigenvalue weighted by molar-refractivity contribution is 5.94. The van der Waals surface area contributed by atoms with E-state index in [0.29, 0.717) is 23.6 Å². The van der Waals surface area contributed by atoms with Gasteiger partial charge in [-0.1, -0.05) is 37.3 Å². The van der Waals surface area contributed by atoms with Crippen molar-refractivity contribution in [1.82, 2.24) is 5.32 Å². The van der Waals surface area contributed by atoms with Gasteiger partial charge >= 0.3 is 0 Å². The summed E-state index contributed by atoms with van der Waals surface area (Å²) in [5.41, 5.74) is 1.56. The Morgan fingerprint density at radius 2 is 2.00 bits per heavy atom. The molecule has 0 saturated carbocycles. The van der Waals surface area contributed by atoms with Crippen molar-refractivity contribution in [2.45, 2.75) is 32.9 Å². The maximum absolute atomic E-state index is 11.4. The van der Waals surface area contributed by atoms with Gasteiger partial charge in [-0.15, -0.1) is 0 Å². The number of rotatable bonds is 8. The average molecular weight is 313 g/mol. The van der Waals surface area contributed by atoms with Gasteiger partial charge in [0, 0.05) is 12.1 Å². The van der Waals surface area contributed by atoms with Crippen LogP contribution in [0, 0.1) is 0 Å². The molecule has 0 spiro atoms. The Kier molecular flexibility index (Phi) is 6.18. The molecule has 0 fully saturated rings. The Morgan fingerprint density at radius 3 is 2.70 bits per heavy atom. The third kappa shape index (κ3) is 5.11. The van der Waals surface area contributed by atoms with Crippen molar-refractivity contribution in [1.29, 1.82) is 0 Å². The molecule has 122 valence electrons. The van der Waals surface area contributed by atoms with Gasteiger partial charge < -0.3 is 9.84 Å². The van der Waals surface area contributed by atoms with Crippen LogP contribution in [0.3, 0.4) is 0 Å². The maximum atomic E-state index is 11.4. The highest BCUT2D eigenvalue weighted by Gasteiger charge is 2.09. The first-order valence-electron chi connectivity index (χ1n) is 7.88. The number of carbonyl (C=O) groups excluding carboxylic acids is 1. The Labute approximate surface area is 137 Å². The number of benzene rings is 2. The second-order valence-corrected chi connectivity index (χ2v) is 5.43. The van der Waals surface area contributed by atoms with E-state index in [4.69, 9.17) is 4.74 Å². The van der Waals surface area contributed by atoms with Gasteiger partial charge in [0.1, 0.15) is 17.7 Å². The molecule has 1 atom stereocenters. The smallest absolute Gasteiger partial charge is 0.159 e. The topological polar surface area (TPSA) is 58.6 Å². The molecule has 2 N–H and O–H groups in total. The number of nitrogens with one attached hydrogen (secondary N) is 1. The summed E-state index contributed by atoms with van der Waals surface area (Å²) in [6.07, 6.45) is 1.38. The largest absolute Gasteiger partial charge is 0.508 e. The van der Waals surface area contributed by atoms with E-state index in [9.17, 15) is 9.90 Å². The van der Waals surface area contributed by atoms with Gasteiger partial charge in [0.15, 0.2) is 5.78 Å². The molecule has 4 nitrogen and oxygen atoms in total. The summed E-state index contributed by atoms with van der Waals surface area (Å²) < 4.78 is 5.90. The number of aromatic hydroxyl groups is 1. The Hall–Kier alpha value is -2.33. The molecule has 0 bridgehead atoms. The predicted molar refractivity (Wildman–Crippen MR) is 91.0 cm³/mol. The van der Waals surface area contributed by atoms with E-state index < -0.39 is 0 Å². The van der Waals surface area contributed by atoms with Gasteiger partial charge in [-0.05, 0) is 43.5 Å². The molecular formula is C19H23NO3. The fourth-order valence-corrected chi connectivity index (χ4v) is 2.31. The van der Waals surface area contributed by atoms with Crippen molar-refractivity contribution >= 4 is 5.78 Å². The lowest BCUT2D eigenvalue weighted by atomic mass is 10.1. The first-order chi connectivity index (χ1) is 11.1. The Balaban J connectivity index is 1.89. The van der Waals surface area contributed by atoms with E-state index in [0.717, 1.165) is 18.4 Å². The number of phenolic OH excluding ortho intramolecular Hbond substituents is 1. The summed E-state index contributed by atoms with van der Waals surface area (Å²) >= 11 is 0. The maximum Gasteiger partial charge on any atom is 0.159 e. The van der Waals surface area contributed by atoms with Crippen molar-refractivity contribution in [3.63, 3.8) is 0 Å². The molecule has 23 heavy (non-hydrogen) atoms. The van der Waals surface area contributed by atoms with Gasteiger partial charge in [0.05, 0.1) is 0 Å². The minimum absolute atomic E-state index is 0.0241. The van der Waals surface area contributed by atoms with Crippen LogP contribution in [0.1, 0.15) is 36.2 Å². The van der Waals surface area contributed by atoms with Crippen LogP contribution < -0.4 is 10.1 Å².